The standard InChI is InChI=1S/C16H24N2O2/c1-17(2)11-14-9-6-10-18(14)12-15(16(19)20)13-7-4-3-5-8-13/h3-5,7-8,14-15H,6,9-12H2,1-2H3,(H,19,20). The molecule has 0 radical (unpaired) electrons. The number of nitrogens with zero attached hydrogens (tertiary/aromatic N) is 2. The molecule has 0 amide bonds. The average Bonchev–Trinajstić information content (AvgIpc) is 2.83. The Morgan fingerprint density at radius 1 is 1.40 bits per heavy atom. The van der Waals surface area contributed by atoms with E-state index >= 15 is 0 Å². The van der Waals surface area contributed by atoms with Gasteiger partial charge in [-0.2, -0.15) is 0 Å². The van der Waals surface area contributed by atoms with Crippen LogP contribution in [-0.2, 0) is 4.79 Å². The van der Waals surface area contributed by atoms with Crippen LogP contribution in [0, 0.1) is 0 Å². The minimum absolute atomic E-state index is 0.432. The van der Waals surface area contributed by atoms with Crippen molar-refractivity contribution in [2.75, 3.05) is 33.7 Å². The molecular formula is C16H24N2O2. The van der Waals surface area contributed by atoms with Crippen LogP contribution in [0.1, 0.15) is 24.3 Å². The third-order valence-corrected chi connectivity index (χ3v) is 3.99. The van der Waals surface area contributed by atoms with Gasteiger partial charge in [0.15, 0.2) is 0 Å². The second-order valence-corrected chi connectivity index (χ2v) is 5.85. The van der Waals surface area contributed by atoms with Crippen LogP contribution in [0.5, 0.6) is 0 Å². The first-order valence-corrected chi connectivity index (χ1v) is 7.24. The van der Waals surface area contributed by atoms with Gasteiger partial charge in [-0.1, -0.05) is 30.3 Å². The highest BCUT2D eigenvalue weighted by Gasteiger charge is 2.30. The minimum atomic E-state index is -0.730. The topological polar surface area (TPSA) is 43.8 Å². The lowest BCUT2D eigenvalue weighted by Crippen LogP contribution is -2.40. The highest BCUT2D eigenvalue weighted by molar-refractivity contribution is 5.76. The van der Waals surface area contributed by atoms with Crippen molar-refractivity contribution >= 4 is 5.97 Å². The van der Waals surface area contributed by atoms with Crippen molar-refractivity contribution in [2.24, 2.45) is 0 Å². The summed E-state index contributed by atoms with van der Waals surface area (Å²) in [5.74, 6) is -1.16. The van der Waals surface area contributed by atoms with E-state index in [-0.39, 0.29) is 0 Å². The molecule has 0 spiro atoms. The molecule has 20 heavy (non-hydrogen) atoms. The number of hydrogen-bond donors (Lipinski definition) is 1. The van der Waals surface area contributed by atoms with Crippen LogP contribution < -0.4 is 0 Å². The van der Waals surface area contributed by atoms with E-state index in [9.17, 15) is 9.90 Å². The molecular weight excluding hydrogens is 252 g/mol. The van der Waals surface area contributed by atoms with Gasteiger partial charge in [-0.15, -0.1) is 0 Å². The monoisotopic (exact) mass is 276 g/mol. The fraction of sp³-hybridized carbons (Fsp3) is 0.562. The highest BCUT2D eigenvalue weighted by Crippen LogP contribution is 2.24. The molecule has 1 N–H and O–H groups in total. The fourth-order valence-corrected chi connectivity index (χ4v) is 3.01. The largest absolute Gasteiger partial charge is 0.481 e. The molecule has 110 valence electrons. The number of benzene rings is 1. The van der Waals surface area contributed by atoms with Gasteiger partial charge in [0.25, 0.3) is 0 Å². The number of carboxylic acids is 1. The Labute approximate surface area is 121 Å². The summed E-state index contributed by atoms with van der Waals surface area (Å²) in [6.07, 6.45) is 2.33. The van der Waals surface area contributed by atoms with Crippen molar-refractivity contribution in [3.63, 3.8) is 0 Å². The van der Waals surface area contributed by atoms with E-state index in [0.717, 1.165) is 18.7 Å². The molecule has 0 aromatic heterocycles. The summed E-state index contributed by atoms with van der Waals surface area (Å²) >= 11 is 0. The molecule has 4 heteroatoms. The van der Waals surface area contributed by atoms with Crippen molar-refractivity contribution in [2.45, 2.75) is 24.8 Å². The Kier molecular flexibility index (Phi) is 5.15. The van der Waals surface area contributed by atoms with Gasteiger partial charge in [0.05, 0.1) is 5.92 Å². The van der Waals surface area contributed by atoms with Crippen molar-refractivity contribution in [3.8, 4) is 0 Å². The number of rotatable bonds is 6. The molecule has 2 rings (SSSR count). The molecule has 2 unspecified atom stereocenters. The van der Waals surface area contributed by atoms with Crippen molar-refractivity contribution < 1.29 is 9.90 Å². The maximum Gasteiger partial charge on any atom is 0.312 e. The lowest BCUT2D eigenvalue weighted by molar-refractivity contribution is -0.139. The molecule has 0 aliphatic carbocycles. The predicted molar refractivity (Wildman–Crippen MR) is 80.0 cm³/mol. The van der Waals surface area contributed by atoms with Crippen LogP contribution in [-0.4, -0.2) is 60.6 Å². The lowest BCUT2D eigenvalue weighted by Gasteiger charge is -2.29. The Morgan fingerprint density at radius 2 is 2.10 bits per heavy atom. The van der Waals surface area contributed by atoms with Gasteiger partial charge in [-0.3, -0.25) is 9.69 Å². The smallest absolute Gasteiger partial charge is 0.312 e. The van der Waals surface area contributed by atoms with E-state index < -0.39 is 11.9 Å². The Morgan fingerprint density at radius 3 is 2.70 bits per heavy atom. The molecule has 1 fully saturated rings. The SMILES string of the molecule is CN(C)CC1CCCN1CC(C(=O)O)c1ccccc1. The summed E-state index contributed by atoms with van der Waals surface area (Å²) in [7, 11) is 4.14. The molecule has 2 atom stereocenters. The van der Waals surface area contributed by atoms with Gasteiger partial charge in [-0.25, -0.2) is 0 Å². The number of aliphatic carboxylic acids is 1. The van der Waals surface area contributed by atoms with Gasteiger partial charge in [0, 0.05) is 19.1 Å². The number of carboxylic acid groups (broad SMARTS) is 1. The summed E-state index contributed by atoms with van der Waals surface area (Å²) in [5.41, 5.74) is 0.899. The van der Waals surface area contributed by atoms with Gasteiger partial charge < -0.3 is 10.0 Å². The molecule has 1 heterocycles. The van der Waals surface area contributed by atoms with Crippen molar-refractivity contribution in [1.82, 2.24) is 9.80 Å². The second-order valence-electron chi connectivity index (χ2n) is 5.85. The predicted octanol–water partition coefficient (Wildman–Crippen LogP) is 1.88. The summed E-state index contributed by atoms with van der Waals surface area (Å²) < 4.78 is 0. The minimum Gasteiger partial charge on any atom is -0.481 e. The Bertz CT molecular complexity index is 433. The van der Waals surface area contributed by atoms with E-state index in [0.29, 0.717) is 12.6 Å². The highest BCUT2D eigenvalue weighted by atomic mass is 16.4. The van der Waals surface area contributed by atoms with Crippen LogP contribution >= 0.6 is 0 Å². The molecule has 1 aromatic carbocycles. The molecule has 1 aliphatic rings. The van der Waals surface area contributed by atoms with Crippen LogP contribution in [0.15, 0.2) is 30.3 Å². The van der Waals surface area contributed by atoms with Crippen molar-refractivity contribution in [3.05, 3.63) is 35.9 Å². The quantitative estimate of drug-likeness (QED) is 0.861. The zero-order chi connectivity index (χ0) is 14.5. The zero-order valence-electron chi connectivity index (χ0n) is 12.3. The number of carbonyl (C=O) groups is 1. The van der Waals surface area contributed by atoms with Gasteiger partial charge in [0.1, 0.15) is 0 Å². The van der Waals surface area contributed by atoms with Gasteiger partial charge in [0.2, 0.25) is 0 Å². The van der Waals surface area contributed by atoms with Crippen LogP contribution in [0.2, 0.25) is 0 Å². The van der Waals surface area contributed by atoms with E-state index in [1.165, 1.54) is 12.8 Å². The van der Waals surface area contributed by atoms with Crippen LogP contribution in [0.25, 0.3) is 0 Å². The van der Waals surface area contributed by atoms with Crippen LogP contribution in [0.3, 0.4) is 0 Å². The summed E-state index contributed by atoms with van der Waals surface area (Å²) in [6.45, 7) is 2.62. The zero-order valence-corrected chi connectivity index (χ0v) is 12.3. The molecule has 4 nitrogen and oxygen atoms in total. The molecule has 0 bridgehead atoms. The first kappa shape index (κ1) is 15.0. The van der Waals surface area contributed by atoms with E-state index in [1.54, 1.807) is 0 Å². The third-order valence-electron chi connectivity index (χ3n) is 3.99. The van der Waals surface area contributed by atoms with Crippen molar-refractivity contribution in [1.29, 1.82) is 0 Å². The maximum absolute atomic E-state index is 11.6. The van der Waals surface area contributed by atoms with E-state index in [4.69, 9.17) is 0 Å². The normalized spacial score (nSPS) is 21.2. The number of hydrogen-bond acceptors (Lipinski definition) is 3. The average molecular weight is 276 g/mol. The fourth-order valence-electron chi connectivity index (χ4n) is 3.01. The first-order valence-electron chi connectivity index (χ1n) is 7.24. The van der Waals surface area contributed by atoms with Gasteiger partial charge >= 0.3 is 5.97 Å². The molecule has 1 aromatic rings. The second kappa shape index (κ2) is 6.86. The lowest BCUT2D eigenvalue weighted by atomic mass is 9.98. The molecule has 0 saturated carbocycles. The Hall–Kier alpha value is -1.39. The summed E-state index contributed by atoms with van der Waals surface area (Å²) in [5, 5.41) is 9.52. The third kappa shape index (κ3) is 3.81. The van der Waals surface area contributed by atoms with E-state index in [1.807, 2.05) is 30.3 Å². The number of likely N-dealkylation sites (tertiary alicyclic amines) is 1. The van der Waals surface area contributed by atoms with Gasteiger partial charge in [-0.05, 0) is 39.0 Å². The molecule has 1 saturated heterocycles. The van der Waals surface area contributed by atoms with Crippen LogP contribution in [0.4, 0.5) is 0 Å². The first-order chi connectivity index (χ1) is 9.58. The molecule has 1 aliphatic heterocycles. The number of likely N-dealkylation sites (N-methyl/N-ethyl adjacent to an activating group) is 1. The summed E-state index contributed by atoms with van der Waals surface area (Å²) in [4.78, 5) is 16.1. The maximum atomic E-state index is 11.6. The summed E-state index contributed by atoms with van der Waals surface area (Å²) in [6, 6.07) is 10.0. The van der Waals surface area contributed by atoms with E-state index in [2.05, 4.69) is 23.9 Å². The Balaban J connectivity index is 2.06.